The lowest BCUT2D eigenvalue weighted by Gasteiger charge is -2.30. The van der Waals surface area contributed by atoms with E-state index in [-0.39, 0.29) is 16.0 Å². The molecule has 0 radical (unpaired) electrons. The number of nitrogens with one attached hydrogen (secondary N) is 1. The lowest BCUT2D eigenvalue weighted by atomic mass is 9.81. The molecule has 5 N–H and O–H groups in total. The molecule has 29 heavy (non-hydrogen) atoms. The summed E-state index contributed by atoms with van der Waals surface area (Å²) in [5.74, 6) is -2.17. The second-order valence-corrected chi connectivity index (χ2v) is 8.30. The summed E-state index contributed by atoms with van der Waals surface area (Å²) in [4.78, 5) is -0.263. The summed E-state index contributed by atoms with van der Waals surface area (Å²) in [7, 11) is -4.22. The Bertz CT molecular complexity index is 1210. The van der Waals surface area contributed by atoms with Gasteiger partial charge >= 0.3 is 0 Å². The predicted octanol–water partition coefficient (Wildman–Crippen LogP) is 2.51. The number of hydrogen-bond acceptors (Lipinski definition) is 6. The third-order valence-electron chi connectivity index (χ3n) is 4.87. The molecular formula is C20H16FNO6S. The molecule has 0 aromatic heterocycles. The maximum atomic E-state index is 13.1. The number of fused-ring (bicyclic) bond motifs is 2. The quantitative estimate of drug-likeness (QED) is 0.417. The standard InChI is InChI=1S/C20H16FNO6S/c21-10-5-7-11(8-6-10)29(27,28)22-15-9-14-16(20(26)19(15)25)18(24)13-4-2-1-3-12(13)17(14)23/h1-9,17-18,22-26H. The summed E-state index contributed by atoms with van der Waals surface area (Å²) in [6.07, 6.45) is -2.58. The lowest BCUT2D eigenvalue weighted by molar-refractivity contribution is 0.169. The number of aliphatic hydroxyl groups excluding tert-OH is 2. The molecule has 0 saturated carbocycles. The van der Waals surface area contributed by atoms with Gasteiger partial charge in [0.1, 0.15) is 18.0 Å². The minimum atomic E-state index is -4.22. The van der Waals surface area contributed by atoms with Crippen LogP contribution in [0.4, 0.5) is 10.1 Å². The maximum Gasteiger partial charge on any atom is 0.262 e. The van der Waals surface area contributed by atoms with Crippen LogP contribution in [0.2, 0.25) is 0 Å². The number of phenols is 2. The number of sulfonamides is 1. The van der Waals surface area contributed by atoms with Crippen LogP contribution in [0.3, 0.4) is 0 Å². The summed E-state index contributed by atoms with van der Waals surface area (Å²) in [6.45, 7) is 0. The fourth-order valence-corrected chi connectivity index (χ4v) is 4.49. The zero-order valence-corrected chi connectivity index (χ0v) is 15.6. The van der Waals surface area contributed by atoms with Crippen molar-refractivity contribution in [3.8, 4) is 11.5 Å². The number of aromatic hydroxyl groups is 2. The smallest absolute Gasteiger partial charge is 0.262 e. The van der Waals surface area contributed by atoms with Crippen molar-refractivity contribution in [2.45, 2.75) is 17.1 Å². The fourth-order valence-electron chi connectivity index (χ4n) is 3.43. The minimum absolute atomic E-state index is 0.0447. The number of rotatable bonds is 3. The van der Waals surface area contributed by atoms with Crippen LogP contribution in [-0.4, -0.2) is 28.8 Å². The first kappa shape index (κ1) is 19.2. The highest BCUT2D eigenvalue weighted by atomic mass is 32.2. The van der Waals surface area contributed by atoms with Gasteiger partial charge in [0.2, 0.25) is 0 Å². The molecule has 0 amide bonds. The van der Waals surface area contributed by atoms with Gasteiger partial charge in [-0.3, -0.25) is 4.72 Å². The van der Waals surface area contributed by atoms with Gasteiger partial charge in [-0.05, 0) is 47.0 Å². The molecule has 0 spiro atoms. The average Bonchev–Trinajstić information content (AvgIpc) is 2.70. The van der Waals surface area contributed by atoms with Crippen molar-refractivity contribution in [3.05, 3.63) is 82.7 Å². The van der Waals surface area contributed by atoms with Gasteiger partial charge in [-0.25, -0.2) is 12.8 Å². The number of halogens is 1. The van der Waals surface area contributed by atoms with Crippen molar-refractivity contribution >= 4 is 15.7 Å². The van der Waals surface area contributed by atoms with Crippen LogP contribution in [-0.2, 0) is 10.0 Å². The number of benzene rings is 3. The second-order valence-electron chi connectivity index (χ2n) is 6.62. The molecule has 0 bridgehead atoms. The summed E-state index contributed by atoms with van der Waals surface area (Å²) in [6, 6.07) is 11.7. The van der Waals surface area contributed by atoms with Crippen molar-refractivity contribution in [1.29, 1.82) is 0 Å². The third-order valence-corrected chi connectivity index (χ3v) is 6.25. The molecule has 0 saturated heterocycles. The van der Waals surface area contributed by atoms with E-state index < -0.39 is 45.2 Å². The van der Waals surface area contributed by atoms with Gasteiger partial charge in [0.05, 0.1) is 10.6 Å². The molecule has 0 heterocycles. The molecule has 4 rings (SSSR count). The Morgan fingerprint density at radius 1 is 0.828 bits per heavy atom. The first-order valence-corrected chi connectivity index (χ1v) is 10.0. The van der Waals surface area contributed by atoms with Crippen LogP contribution in [0.1, 0.15) is 34.5 Å². The minimum Gasteiger partial charge on any atom is -0.504 e. The average molecular weight is 417 g/mol. The highest BCUT2D eigenvalue weighted by Gasteiger charge is 2.35. The molecule has 0 fully saturated rings. The van der Waals surface area contributed by atoms with E-state index >= 15 is 0 Å². The molecule has 3 aromatic rings. The van der Waals surface area contributed by atoms with Crippen molar-refractivity contribution in [2.75, 3.05) is 4.72 Å². The van der Waals surface area contributed by atoms with Gasteiger partial charge in [0, 0.05) is 5.56 Å². The number of aliphatic hydroxyl groups is 2. The van der Waals surface area contributed by atoms with E-state index in [0.29, 0.717) is 11.1 Å². The SMILES string of the molecule is O=S(=O)(Nc1cc2c(c(O)c1O)C(O)c1ccccc1C2O)c1ccc(F)cc1. The molecule has 150 valence electrons. The molecule has 9 heteroatoms. The Balaban J connectivity index is 1.81. The lowest BCUT2D eigenvalue weighted by Crippen LogP contribution is -2.19. The number of phenolic OH excluding ortho intramolecular Hbond substituents is 2. The van der Waals surface area contributed by atoms with E-state index in [9.17, 15) is 33.2 Å². The Labute approximate surface area is 165 Å². The topological polar surface area (TPSA) is 127 Å². The van der Waals surface area contributed by atoms with Gasteiger partial charge in [-0.1, -0.05) is 24.3 Å². The van der Waals surface area contributed by atoms with Crippen molar-refractivity contribution in [3.63, 3.8) is 0 Å². The highest BCUT2D eigenvalue weighted by molar-refractivity contribution is 7.92. The fraction of sp³-hybridized carbons (Fsp3) is 0.100. The first-order chi connectivity index (χ1) is 13.7. The summed E-state index contributed by atoms with van der Waals surface area (Å²) in [5.41, 5.74) is 0.296. The van der Waals surface area contributed by atoms with Crippen LogP contribution in [0.25, 0.3) is 0 Å². The normalized spacial score (nSPS) is 18.0. The molecule has 0 aliphatic heterocycles. The van der Waals surface area contributed by atoms with Gasteiger partial charge in [0.15, 0.2) is 11.5 Å². The van der Waals surface area contributed by atoms with Crippen LogP contribution in [0.15, 0.2) is 59.5 Å². The summed E-state index contributed by atoms with van der Waals surface area (Å²) in [5, 5.41) is 42.1. The molecule has 3 aromatic carbocycles. The number of hydrogen-bond donors (Lipinski definition) is 5. The van der Waals surface area contributed by atoms with Crippen LogP contribution >= 0.6 is 0 Å². The van der Waals surface area contributed by atoms with Crippen LogP contribution in [0, 0.1) is 5.82 Å². The molecule has 2 unspecified atom stereocenters. The van der Waals surface area contributed by atoms with Crippen LogP contribution in [0.5, 0.6) is 11.5 Å². The molecule has 1 aliphatic rings. The zero-order chi connectivity index (χ0) is 20.9. The van der Waals surface area contributed by atoms with E-state index in [1.165, 1.54) is 0 Å². The summed E-state index contributed by atoms with van der Waals surface area (Å²) < 4.78 is 40.3. The van der Waals surface area contributed by atoms with Crippen LogP contribution < -0.4 is 4.72 Å². The zero-order valence-electron chi connectivity index (χ0n) is 14.7. The Hall–Kier alpha value is -3.14. The van der Waals surface area contributed by atoms with Gasteiger partial charge in [-0.15, -0.1) is 0 Å². The van der Waals surface area contributed by atoms with Crippen molar-refractivity contribution < 1.29 is 33.2 Å². The molecule has 1 aliphatic carbocycles. The largest absolute Gasteiger partial charge is 0.504 e. The predicted molar refractivity (Wildman–Crippen MR) is 102 cm³/mol. The van der Waals surface area contributed by atoms with Crippen molar-refractivity contribution in [1.82, 2.24) is 0 Å². The van der Waals surface area contributed by atoms with Gasteiger partial charge in [-0.2, -0.15) is 0 Å². The molecule has 7 nitrogen and oxygen atoms in total. The van der Waals surface area contributed by atoms with E-state index in [1.807, 2.05) is 0 Å². The second kappa shape index (κ2) is 6.73. The highest BCUT2D eigenvalue weighted by Crippen LogP contribution is 2.50. The first-order valence-electron chi connectivity index (χ1n) is 8.52. The van der Waals surface area contributed by atoms with E-state index in [0.717, 1.165) is 30.3 Å². The van der Waals surface area contributed by atoms with Gasteiger partial charge < -0.3 is 20.4 Å². The Morgan fingerprint density at radius 2 is 1.41 bits per heavy atom. The number of anilines is 1. The van der Waals surface area contributed by atoms with Crippen molar-refractivity contribution in [2.24, 2.45) is 0 Å². The molecular weight excluding hydrogens is 401 g/mol. The maximum absolute atomic E-state index is 13.1. The monoisotopic (exact) mass is 417 g/mol. The summed E-state index contributed by atoms with van der Waals surface area (Å²) >= 11 is 0. The Kier molecular flexibility index (Phi) is 4.45. The third kappa shape index (κ3) is 3.09. The van der Waals surface area contributed by atoms with E-state index in [2.05, 4.69) is 4.72 Å². The molecule has 2 atom stereocenters. The van der Waals surface area contributed by atoms with E-state index in [1.54, 1.807) is 24.3 Å². The Morgan fingerprint density at radius 3 is 2.03 bits per heavy atom. The van der Waals surface area contributed by atoms with E-state index in [4.69, 9.17) is 0 Å². The van der Waals surface area contributed by atoms with Gasteiger partial charge in [0.25, 0.3) is 10.0 Å².